The molecule has 110 valence electrons. The Labute approximate surface area is 147 Å². The second-order valence-electron chi connectivity index (χ2n) is 4.85. The van der Waals surface area contributed by atoms with E-state index in [0.29, 0.717) is 12.2 Å². The lowest BCUT2D eigenvalue weighted by molar-refractivity contribution is 0.108. The highest BCUT2D eigenvalue weighted by Gasteiger charge is 2.08. The van der Waals surface area contributed by atoms with Crippen LogP contribution >= 0.6 is 34.2 Å². The van der Waals surface area contributed by atoms with Gasteiger partial charge in [-0.25, -0.2) is 0 Å². The smallest absolute Gasteiger partial charge is 0.252 e. The van der Waals surface area contributed by atoms with Crippen LogP contribution in [0, 0.1) is 3.57 Å². The molecule has 2 nitrogen and oxygen atoms in total. The summed E-state index contributed by atoms with van der Waals surface area (Å²) in [5, 5.41) is 1.92. The molecule has 0 saturated heterocycles. The van der Waals surface area contributed by atoms with E-state index in [-0.39, 0.29) is 0 Å². The van der Waals surface area contributed by atoms with Crippen molar-refractivity contribution in [1.29, 1.82) is 0 Å². The lowest BCUT2D eigenvalue weighted by Crippen LogP contribution is -1.99. The Bertz CT molecular complexity index is 840. The molecule has 0 aromatic heterocycles. The Kier molecular flexibility index (Phi) is 4.64. The third-order valence-corrected chi connectivity index (χ3v) is 4.48. The molecule has 0 heterocycles. The number of carbonyl (C=O) groups is 1. The number of rotatable bonds is 4. The van der Waals surface area contributed by atoms with Crippen LogP contribution in [0.3, 0.4) is 0 Å². The highest BCUT2D eigenvalue weighted by molar-refractivity contribution is 14.1. The lowest BCUT2D eigenvalue weighted by atomic mass is 10.1. The molecule has 0 radical (unpaired) electrons. The van der Waals surface area contributed by atoms with Crippen molar-refractivity contribution in [1.82, 2.24) is 0 Å². The molecule has 0 aliphatic carbocycles. The second-order valence-corrected chi connectivity index (χ2v) is 6.35. The average Bonchev–Trinajstić information content (AvgIpc) is 2.53. The van der Waals surface area contributed by atoms with Crippen LogP contribution in [-0.2, 0) is 6.61 Å². The molecule has 0 saturated carbocycles. The standard InChI is InChI=1S/C18H12ClIO2/c19-18(21)13-8-9-17(16(20)10-13)22-11-14-6-3-5-12-4-1-2-7-15(12)14/h1-10H,11H2. The van der Waals surface area contributed by atoms with Gasteiger partial charge in [0.15, 0.2) is 0 Å². The SMILES string of the molecule is O=C(Cl)c1ccc(OCc2cccc3ccccc23)c(I)c1. The van der Waals surface area contributed by atoms with Crippen molar-refractivity contribution >= 4 is 50.2 Å². The van der Waals surface area contributed by atoms with Crippen LogP contribution in [0.25, 0.3) is 10.8 Å². The first kappa shape index (κ1) is 15.3. The fourth-order valence-electron chi connectivity index (χ4n) is 2.31. The first-order valence-electron chi connectivity index (χ1n) is 6.74. The van der Waals surface area contributed by atoms with E-state index in [1.54, 1.807) is 18.2 Å². The van der Waals surface area contributed by atoms with Crippen LogP contribution < -0.4 is 4.74 Å². The zero-order valence-corrected chi connectivity index (χ0v) is 14.5. The highest BCUT2D eigenvalue weighted by atomic mass is 127. The number of benzene rings is 3. The van der Waals surface area contributed by atoms with E-state index in [0.717, 1.165) is 14.9 Å². The highest BCUT2D eigenvalue weighted by Crippen LogP contribution is 2.25. The quantitative estimate of drug-likeness (QED) is 0.415. The number of halogens is 2. The van der Waals surface area contributed by atoms with Gasteiger partial charge >= 0.3 is 0 Å². The van der Waals surface area contributed by atoms with E-state index >= 15 is 0 Å². The summed E-state index contributed by atoms with van der Waals surface area (Å²) in [6.07, 6.45) is 0. The molecule has 0 spiro atoms. The average molecular weight is 423 g/mol. The van der Waals surface area contributed by atoms with Crippen molar-refractivity contribution in [3.8, 4) is 5.75 Å². The van der Waals surface area contributed by atoms with Crippen molar-refractivity contribution in [2.45, 2.75) is 6.61 Å². The van der Waals surface area contributed by atoms with E-state index in [1.165, 1.54) is 10.8 Å². The van der Waals surface area contributed by atoms with Crippen molar-refractivity contribution in [3.63, 3.8) is 0 Å². The molecular weight excluding hydrogens is 411 g/mol. The van der Waals surface area contributed by atoms with E-state index in [9.17, 15) is 4.79 Å². The molecule has 3 aromatic carbocycles. The van der Waals surface area contributed by atoms with E-state index in [2.05, 4.69) is 46.9 Å². The van der Waals surface area contributed by atoms with Crippen LogP contribution in [0.15, 0.2) is 60.7 Å². The Morgan fingerprint density at radius 3 is 2.59 bits per heavy atom. The number of carbonyl (C=O) groups excluding carboxylic acids is 1. The van der Waals surface area contributed by atoms with Gasteiger partial charge in [-0.15, -0.1) is 0 Å². The summed E-state index contributed by atoms with van der Waals surface area (Å²) < 4.78 is 6.77. The van der Waals surface area contributed by atoms with Crippen LogP contribution in [0.1, 0.15) is 15.9 Å². The minimum atomic E-state index is -0.460. The maximum atomic E-state index is 11.2. The minimum absolute atomic E-state index is 0.460. The first-order chi connectivity index (χ1) is 10.6. The molecule has 0 bridgehead atoms. The van der Waals surface area contributed by atoms with Gasteiger partial charge < -0.3 is 4.74 Å². The topological polar surface area (TPSA) is 26.3 Å². The maximum absolute atomic E-state index is 11.2. The van der Waals surface area contributed by atoms with E-state index in [1.807, 2.05) is 18.2 Å². The molecular formula is C18H12ClIO2. The largest absolute Gasteiger partial charge is 0.488 e. The number of ether oxygens (including phenoxy) is 1. The van der Waals surface area contributed by atoms with Crippen LogP contribution in [-0.4, -0.2) is 5.24 Å². The van der Waals surface area contributed by atoms with Gasteiger partial charge in [-0.05, 0) is 68.7 Å². The Morgan fingerprint density at radius 1 is 1.05 bits per heavy atom. The van der Waals surface area contributed by atoms with E-state index < -0.39 is 5.24 Å². The van der Waals surface area contributed by atoms with Gasteiger partial charge in [-0.2, -0.15) is 0 Å². The van der Waals surface area contributed by atoms with Gasteiger partial charge in [0.1, 0.15) is 12.4 Å². The van der Waals surface area contributed by atoms with Crippen molar-refractivity contribution in [2.75, 3.05) is 0 Å². The van der Waals surface area contributed by atoms with Crippen molar-refractivity contribution < 1.29 is 9.53 Å². The molecule has 4 heteroatoms. The summed E-state index contributed by atoms with van der Waals surface area (Å²) in [5.74, 6) is 0.746. The molecule has 0 unspecified atom stereocenters. The molecule has 0 atom stereocenters. The summed E-state index contributed by atoms with van der Waals surface area (Å²) in [5.41, 5.74) is 1.61. The molecule has 0 amide bonds. The van der Waals surface area contributed by atoms with Gasteiger partial charge in [-0.3, -0.25) is 4.79 Å². The predicted octanol–water partition coefficient (Wildman–Crippen LogP) is 5.40. The number of hydrogen-bond acceptors (Lipinski definition) is 2. The molecule has 0 aliphatic heterocycles. The van der Waals surface area contributed by atoms with Crippen molar-refractivity contribution in [3.05, 3.63) is 75.4 Å². The third kappa shape index (κ3) is 3.25. The van der Waals surface area contributed by atoms with Crippen LogP contribution in [0.5, 0.6) is 5.75 Å². The van der Waals surface area contributed by atoms with E-state index in [4.69, 9.17) is 16.3 Å². The zero-order valence-electron chi connectivity index (χ0n) is 11.6. The lowest BCUT2D eigenvalue weighted by Gasteiger charge is -2.11. The zero-order chi connectivity index (χ0) is 15.5. The minimum Gasteiger partial charge on any atom is -0.488 e. The van der Waals surface area contributed by atoms with Gasteiger partial charge in [0, 0.05) is 5.56 Å². The Morgan fingerprint density at radius 2 is 1.82 bits per heavy atom. The maximum Gasteiger partial charge on any atom is 0.252 e. The Balaban J connectivity index is 1.84. The summed E-state index contributed by atoms with van der Waals surface area (Å²) in [6, 6.07) is 19.6. The van der Waals surface area contributed by atoms with Gasteiger partial charge in [-0.1, -0.05) is 42.5 Å². The monoisotopic (exact) mass is 422 g/mol. The Hall–Kier alpha value is -1.59. The van der Waals surface area contributed by atoms with Gasteiger partial charge in [0.25, 0.3) is 5.24 Å². The molecule has 22 heavy (non-hydrogen) atoms. The molecule has 3 rings (SSSR count). The molecule has 3 aromatic rings. The van der Waals surface area contributed by atoms with Gasteiger partial charge in [0.05, 0.1) is 3.57 Å². The predicted molar refractivity (Wildman–Crippen MR) is 97.6 cm³/mol. The normalized spacial score (nSPS) is 10.6. The van der Waals surface area contributed by atoms with Crippen LogP contribution in [0.4, 0.5) is 0 Å². The molecule has 0 aliphatic rings. The fraction of sp³-hybridized carbons (Fsp3) is 0.0556. The third-order valence-electron chi connectivity index (χ3n) is 3.42. The summed E-state index contributed by atoms with van der Waals surface area (Å²) in [6.45, 7) is 0.478. The first-order valence-corrected chi connectivity index (χ1v) is 8.19. The summed E-state index contributed by atoms with van der Waals surface area (Å²) in [4.78, 5) is 11.2. The molecule has 0 fully saturated rings. The van der Waals surface area contributed by atoms with Crippen molar-refractivity contribution in [2.24, 2.45) is 0 Å². The van der Waals surface area contributed by atoms with Gasteiger partial charge in [0.2, 0.25) is 0 Å². The summed E-state index contributed by atoms with van der Waals surface area (Å²) in [7, 11) is 0. The summed E-state index contributed by atoms with van der Waals surface area (Å²) >= 11 is 7.63. The number of hydrogen-bond donors (Lipinski definition) is 0. The second kappa shape index (κ2) is 6.67. The fourth-order valence-corrected chi connectivity index (χ4v) is 3.10. The number of fused-ring (bicyclic) bond motifs is 1. The molecule has 0 N–H and O–H groups in total. The van der Waals surface area contributed by atoms with Crippen LogP contribution in [0.2, 0.25) is 0 Å².